The summed E-state index contributed by atoms with van der Waals surface area (Å²) in [5.41, 5.74) is 1.02. The molecule has 1 N–H and O–H groups in total. The van der Waals surface area contributed by atoms with Gasteiger partial charge in [-0.05, 0) is 19.1 Å². The van der Waals surface area contributed by atoms with Crippen LogP contribution in [0.1, 0.15) is 24.5 Å². The monoisotopic (exact) mass is 250 g/mol. The van der Waals surface area contributed by atoms with Crippen molar-refractivity contribution in [3.8, 4) is 0 Å². The number of hydrogen-bond donors (Lipinski definition) is 1. The van der Waals surface area contributed by atoms with Crippen LogP contribution in [0.4, 0.5) is 0 Å². The Bertz CT molecular complexity index is 481. The van der Waals surface area contributed by atoms with E-state index < -0.39 is 0 Å². The largest absolute Gasteiger partial charge is 0.321 e. The third-order valence-corrected chi connectivity index (χ3v) is 3.08. The minimum absolute atomic E-state index is 0.187. The van der Waals surface area contributed by atoms with Crippen LogP contribution in [0.15, 0.2) is 30.6 Å². The van der Waals surface area contributed by atoms with Gasteiger partial charge in [0.05, 0.1) is 18.4 Å². The van der Waals surface area contributed by atoms with Gasteiger partial charge in [-0.3, -0.25) is 4.98 Å². The van der Waals surface area contributed by atoms with Crippen LogP contribution >= 0.6 is 11.6 Å². The summed E-state index contributed by atoms with van der Waals surface area (Å²) in [4.78, 5) is 8.53. The van der Waals surface area contributed by atoms with E-state index in [9.17, 15) is 0 Å². The number of pyridine rings is 1. The molecule has 0 saturated heterocycles. The van der Waals surface area contributed by atoms with Gasteiger partial charge in [-0.25, -0.2) is 4.98 Å². The number of rotatable bonds is 4. The van der Waals surface area contributed by atoms with E-state index in [-0.39, 0.29) is 6.04 Å². The second-order valence-electron chi connectivity index (χ2n) is 3.91. The van der Waals surface area contributed by atoms with Crippen LogP contribution in [0.25, 0.3) is 0 Å². The summed E-state index contributed by atoms with van der Waals surface area (Å²) < 4.78 is 1.86. The zero-order valence-electron chi connectivity index (χ0n) is 9.89. The van der Waals surface area contributed by atoms with E-state index in [1.165, 1.54) is 0 Å². The van der Waals surface area contributed by atoms with E-state index in [4.69, 9.17) is 11.6 Å². The Labute approximate surface area is 106 Å². The van der Waals surface area contributed by atoms with E-state index >= 15 is 0 Å². The Morgan fingerprint density at radius 3 is 2.82 bits per heavy atom. The Morgan fingerprint density at radius 2 is 2.24 bits per heavy atom. The topological polar surface area (TPSA) is 42.7 Å². The summed E-state index contributed by atoms with van der Waals surface area (Å²) >= 11 is 5.92. The second-order valence-corrected chi connectivity index (χ2v) is 4.30. The minimum Gasteiger partial charge on any atom is -0.321 e. The number of nitrogens with zero attached hydrogens (tertiary/aromatic N) is 3. The molecule has 2 aromatic rings. The molecule has 0 aliphatic carbocycles. The summed E-state index contributed by atoms with van der Waals surface area (Å²) in [5, 5.41) is 4.01. The van der Waals surface area contributed by atoms with Gasteiger partial charge in [-0.1, -0.05) is 17.7 Å². The molecule has 0 amide bonds. The van der Waals surface area contributed by atoms with Crippen LogP contribution in [0, 0.1) is 0 Å². The summed E-state index contributed by atoms with van der Waals surface area (Å²) in [6.07, 6.45) is 3.45. The third kappa shape index (κ3) is 2.84. The molecule has 0 radical (unpaired) electrons. The molecular weight excluding hydrogens is 236 g/mol. The lowest BCUT2D eigenvalue weighted by Gasteiger charge is -2.12. The molecular formula is C12H15ClN4. The molecule has 0 aliphatic heterocycles. The molecule has 0 aromatic carbocycles. The van der Waals surface area contributed by atoms with Crippen molar-refractivity contribution in [3.63, 3.8) is 0 Å². The highest BCUT2D eigenvalue weighted by Crippen LogP contribution is 2.11. The SMILES string of the molecule is C[C@H](NCc1ncc(Cl)n1C)c1ccccn1. The summed E-state index contributed by atoms with van der Waals surface area (Å²) in [5.74, 6) is 0.915. The number of halogens is 1. The first-order valence-corrected chi connectivity index (χ1v) is 5.86. The van der Waals surface area contributed by atoms with E-state index in [0.29, 0.717) is 11.7 Å². The maximum atomic E-state index is 5.92. The fraction of sp³-hybridized carbons (Fsp3) is 0.333. The first-order valence-electron chi connectivity index (χ1n) is 5.49. The van der Waals surface area contributed by atoms with Crippen molar-refractivity contribution in [2.45, 2.75) is 19.5 Å². The van der Waals surface area contributed by atoms with E-state index in [1.54, 1.807) is 12.4 Å². The van der Waals surface area contributed by atoms with E-state index in [1.807, 2.05) is 29.8 Å². The highest BCUT2D eigenvalue weighted by Gasteiger charge is 2.08. The predicted molar refractivity (Wildman–Crippen MR) is 67.7 cm³/mol. The van der Waals surface area contributed by atoms with Gasteiger partial charge in [-0.15, -0.1) is 0 Å². The number of aromatic nitrogens is 3. The van der Waals surface area contributed by atoms with Crippen molar-refractivity contribution in [1.29, 1.82) is 0 Å². The summed E-state index contributed by atoms with van der Waals surface area (Å²) in [7, 11) is 1.90. The zero-order valence-corrected chi connectivity index (χ0v) is 10.6. The fourth-order valence-electron chi connectivity index (χ4n) is 1.57. The molecule has 0 unspecified atom stereocenters. The number of imidazole rings is 1. The van der Waals surface area contributed by atoms with Crippen molar-refractivity contribution in [3.05, 3.63) is 47.3 Å². The molecule has 2 aromatic heterocycles. The van der Waals surface area contributed by atoms with Crippen molar-refractivity contribution in [2.75, 3.05) is 0 Å². The summed E-state index contributed by atoms with van der Waals surface area (Å²) in [6.45, 7) is 2.74. The van der Waals surface area contributed by atoms with Crippen LogP contribution in [0.3, 0.4) is 0 Å². The van der Waals surface area contributed by atoms with Gasteiger partial charge in [-0.2, -0.15) is 0 Å². The highest BCUT2D eigenvalue weighted by molar-refractivity contribution is 6.29. The standard InChI is InChI=1S/C12H15ClN4/c1-9(10-5-3-4-6-14-10)15-8-12-16-7-11(13)17(12)2/h3-7,9,15H,8H2,1-2H3/t9-/m0/s1. The van der Waals surface area contributed by atoms with Gasteiger partial charge in [0.2, 0.25) is 0 Å². The maximum Gasteiger partial charge on any atom is 0.128 e. The molecule has 5 heteroatoms. The molecule has 0 bridgehead atoms. The van der Waals surface area contributed by atoms with Gasteiger partial charge >= 0.3 is 0 Å². The minimum atomic E-state index is 0.187. The van der Waals surface area contributed by atoms with Crippen molar-refractivity contribution in [2.24, 2.45) is 7.05 Å². The second kappa shape index (κ2) is 5.29. The summed E-state index contributed by atoms with van der Waals surface area (Å²) in [6, 6.07) is 6.09. The molecule has 17 heavy (non-hydrogen) atoms. The lowest BCUT2D eigenvalue weighted by molar-refractivity contribution is 0.539. The quantitative estimate of drug-likeness (QED) is 0.906. The average Bonchev–Trinajstić information content (AvgIpc) is 2.68. The molecule has 0 spiro atoms. The van der Waals surface area contributed by atoms with E-state index in [2.05, 4.69) is 22.2 Å². The number of nitrogens with one attached hydrogen (secondary N) is 1. The first-order chi connectivity index (χ1) is 8.18. The van der Waals surface area contributed by atoms with Gasteiger partial charge in [0.15, 0.2) is 0 Å². The Kier molecular flexibility index (Phi) is 3.76. The molecule has 2 heterocycles. The maximum absolute atomic E-state index is 5.92. The van der Waals surface area contributed by atoms with Crippen molar-refractivity contribution in [1.82, 2.24) is 19.9 Å². The Morgan fingerprint density at radius 1 is 1.41 bits per heavy atom. The van der Waals surface area contributed by atoms with Crippen LogP contribution in [-0.2, 0) is 13.6 Å². The highest BCUT2D eigenvalue weighted by atomic mass is 35.5. The van der Waals surface area contributed by atoms with Gasteiger partial charge in [0, 0.05) is 19.3 Å². The zero-order chi connectivity index (χ0) is 12.3. The molecule has 0 fully saturated rings. The van der Waals surface area contributed by atoms with Gasteiger partial charge in [0.25, 0.3) is 0 Å². The molecule has 90 valence electrons. The molecule has 2 rings (SSSR count). The predicted octanol–water partition coefficient (Wildman–Crippen LogP) is 2.32. The molecule has 1 atom stereocenters. The normalized spacial score (nSPS) is 12.6. The first kappa shape index (κ1) is 12.1. The van der Waals surface area contributed by atoms with Gasteiger partial charge < -0.3 is 9.88 Å². The Balaban J connectivity index is 1.97. The van der Waals surface area contributed by atoms with Gasteiger partial charge in [0.1, 0.15) is 11.0 Å². The lowest BCUT2D eigenvalue weighted by Crippen LogP contribution is -2.20. The van der Waals surface area contributed by atoms with Crippen LogP contribution in [0.5, 0.6) is 0 Å². The van der Waals surface area contributed by atoms with Crippen LogP contribution in [-0.4, -0.2) is 14.5 Å². The molecule has 0 saturated carbocycles. The average molecular weight is 251 g/mol. The lowest BCUT2D eigenvalue weighted by atomic mass is 10.2. The molecule has 0 aliphatic rings. The van der Waals surface area contributed by atoms with E-state index in [0.717, 1.165) is 11.5 Å². The Hall–Kier alpha value is -1.39. The third-order valence-electron chi connectivity index (χ3n) is 2.73. The smallest absolute Gasteiger partial charge is 0.128 e. The fourth-order valence-corrected chi connectivity index (χ4v) is 1.72. The van der Waals surface area contributed by atoms with Crippen molar-refractivity contribution >= 4 is 11.6 Å². The number of hydrogen-bond acceptors (Lipinski definition) is 3. The van der Waals surface area contributed by atoms with Crippen LogP contribution in [0.2, 0.25) is 5.15 Å². The van der Waals surface area contributed by atoms with Crippen LogP contribution < -0.4 is 5.32 Å². The molecule has 4 nitrogen and oxygen atoms in total. The van der Waals surface area contributed by atoms with Crippen molar-refractivity contribution < 1.29 is 0 Å².